The third kappa shape index (κ3) is 2.42. The summed E-state index contributed by atoms with van der Waals surface area (Å²) in [6.45, 7) is 3.21. The van der Waals surface area contributed by atoms with Crippen molar-refractivity contribution in [2.75, 3.05) is 11.4 Å². The van der Waals surface area contributed by atoms with Gasteiger partial charge in [-0.15, -0.1) is 0 Å². The quantitative estimate of drug-likeness (QED) is 0.904. The summed E-state index contributed by atoms with van der Waals surface area (Å²) < 4.78 is 13.8. The number of hydrogen-bond acceptors (Lipinski definition) is 2. The number of benzene rings is 1. The predicted molar refractivity (Wildman–Crippen MR) is 70.6 cm³/mol. The summed E-state index contributed by atoms with van der Waals surface area (Å²) in [7, 11) is 0. The Morgan fingerprint density at radius 3 is 2.79 bits per heavy atom. The lowest BCUT2D eigenvalue weighted by Crippen LogP contribution is -2.65. The molecule has 1 atom stereocenters. The summed E-state index contributed by atoms with van der Waals surface area (Å²) in [5.41, 5.74) is -0.976. The second-order valence-corrected chi connectivity index (χ2v) is 5.16. The van der Waals surface area contributed by atoms with Crippen LogP contribution in [0.15, 0.2) is 18.2 Å². The minimum atomic E-state index is -1.01. The molecule has 2 amide bonds. The maximum atomic E-state index is 13.8. The molecule has 1 aliphatic rings. The normalized spacial score (nSPS) is 23.5. The van der Waals surface area contributed by atoms with E-state index in [-0.39, 0.29) is 24.0 Å². The minimum absolute atomic E-state index is 0.0343. The fourth-order valence-corrected chi connectivity index (χ4v) is 2.21. The zero-order chi connectivity index (χ0) is 14.2. The third-order valence-electron chi connectivity index (χ3n) is 3.34. The zero-order valence-corrected chi connectivity index (χ0v) is 11.4. The minimum Gasteiger partial charge on any atom is -0.340 e. The zero-order valence-electron chi connectivity index (χ0n) is 10.7. The fourth-order valence-electron chi connectivity index (χ4n) is 2.04. The van der Waals surface area contributed by atoms with Crippen molar-refractivity contribution in [2.24, 2.45) is 0 Å². The van der Waals surface area contributed by atoms with Gasteiger partial charge in [0, 0.05) is 5.02 Å². The topological polar surface area (TPSA) is 49.4 Å². The Labute approximate surface area is 115 Å². The molecule has 1 aromatic carbocycles. The van der Waals surface area contributed by atoms with E-state index in [2.05, 4.69) is 5.32 Å². The van der Waals surface area contributed by atoms with E-state index in [4.69, 9.17) is 11.6 Å². The first-order chi connectivity index (χ1) is 8.87. The standard InChI is InChI=1S/C13H14ClFN2O2/c1-3-13(2)12(19)17(7-11(18)16-13)10-6-8(14)4-5-9(10)15/h4-6H,3,7H2,1-2H3,(H,16,18). The van der Waals surface area contributed by atoms with E-state index in [0.717, 1.165) is 4.90 Å². The molecule has 1 fully saturated rings. The van der Waals surface area contributed by atoms with Gasteiger partial charge in [0.1, 0.15) is 17.9 Å². The van der Waals surface area contributed by atoms with Crippen molar-refractivity contribution in [3.63, 3.8) is 0 Å². The van der Waals surface area contributed by atoms with E-state index in [9.17, 15) is 14.0 Å². The molecule has 1 unspecified atom stereocenters. The first kappa shape index (κ1) is 13.8. The number of anilines is 1. The number of carbonyl (C=O) groups is 2. The van der Waals surface area contributed by atoms with Crippen LogP contribution in [0.2, 0.25) is 5.02 Å². The highest BCUT2D eigenvalue weighted by atomic mass is 35.5. The molecule has 1 heterocycles. The van der Waals surface area contributed by atoms with Gasteiger partial charge in [-0.05, 0) is 31.5 Å². The molecule has 0 aliphatic carbocycles. The third-order valence-corrected chi connectivity index (χ3v) is 3.58. The SMILES string of the molecule is CCC1(C)NC(=O)CN(c2cc(Cl)ccc2F)C1=O. The second-order valence-electron chi connectivity index (χ2n) is 4.72. The average Bonchev–Trinajstić information content (AvgIpc) is 2.37. The van der Waals surface area contributed by atoms with Gasteiger partial charge >= 0.3 is 0 Å². The summed E-state index contributed by atoms with van der Waals surface area (Å²) in [6.07, 6.45) is 0.427. The number of rotatable bonds is 2. The van der Waals surface area contributed by atoms with Crippen LogP contribution < -0.4 is 10.2 Å². The summed E-state index contributed by atoms with van der Waals surface area (Å²) in [6, 6.07) is 3.93. The monoisotopic (exact) mass is 284 g/mol. The van der Waals surface area contributed by atoms with Gasteiger partial charge in [0.25, 0.3) is 5.91 Å². The molecule has 0 saturated carbocycles. The van der Waals surface area contributed by atoms with E-state index in [1.807, 2.05) is 0 Å². The molecule has 0 bridgehead atoms. The number of hydrogen-bond donors (Lipinski definition) is 1. The lowest BCUT2D eigenvalue weighted by molar-refractivity contribution is -0.135. The van der Waals surface area contributed by atoms with Gasteiger partial charge in [0.2, 0.25) is 5.91 Å². The van der Waals surface area contributed by atoms with Crippen LogP contribution in [0.4, 0.5) is 10.1 Å². The van der Waals surface area contributed by atoms with E-state index in [0.29, 0.717) is 11.4 Å². The van der Waals surface area contributed by atoms with Gasteiger partial charge < -0.3 is 5.32 Å². The van der Waals surface area contributed by atoms with Crippen molar-refractivity contribution >= 4 is 29.1 Å². The molecular formula is C13H14ClFN2O2. The number of halogens is 2. The van der Waals surface area contributed by atoms with Crippen molar-refractivity contribution in [3.8, 4) is 0 Å². The Bertz CT molecular complexity index is 549. The van der Waals surface area contributed by atoms with Gasteiger partial charge in [-0.3, -0.25) is 14.5 Å². The van der Waals surface area contributed by atoms with E-state index >= 15 is 0 Å². The van der Waals surface area contributed by atoms with Gasteiger partial charge in [-0.25, -0.2) is 4.39 Å². The summed E-state index contributed by atoms with van der Waals surface area (Å²) in [5, 5.41) is 2.95. The summed E-state index contributed by atoms with van der Waals surface area (Å²) in [4.78, 5) is 25.2. The first-order valence-electron chi connectivity index (χ1n) is 5.95. The Morgan fingerprint density at radius 2 is 2.16 bits per heavy atom. The Hall–Kier alpha value is -1.62. The molecule has 1 N–H and O–H groups in total. The van der Waals surface area contributed by atoms with Crippen LogP contribution in [0.3, 0.4) is 0 Å². The molecule has 6 heteroatoms. The number of nitrogens with one attached hydrogen (secondary N) is 1. The van der Waals surface area contributed by atoms with Crippen molar-refractivity contribution in [1.82, 2.24) is 5.32 Å². The van der Waals surface area contributed by atoms with Crippen molar-refractivity contribution in [1.29, 1.82) is 0 Å². The van der Waals surface area contributed by atoms with Crippen LogP contribution in [0.5, 0.6) is 0 Å². The number of piperazine rings is 1. The average molecular weight is 285 g/mol. The number of carbonyl (C=O) groups excluding carboxylic acids is 2. The molecule has 1 aliphatic heterocycles. The molecule has 102 valence electrons. The highest BCUT2D eigenvalue weighted by Gasteiger charge is 2.42. The molecule has 4 nitrogen and oxygen atoms in total. The van der Waals surface area contributed by atoms with Crippen molar-refractivity contribution < 1.29 is 14.0 Å². The van der Waals surface area contributed by atoms with Crippen LogP contribution in [0.25, 0.3) is 0 Å². The van der Waals surface area contributed by atoms with Crippen LogP contribution in [-0.2, 0) is 9.59 Å². The van der Waals surface area contributed by atoms with Gasteiger partial charge in [0.05, 0.1) is 5.69 Å². The van der Waals surface area contributed by atoms with Gasteiger partial charge in [-0.1, -0.05) is 18.5 Å². The number of amides is 2. The van der Waals surface area contributed by atoms with Crippen molar-refractivity contribution in [2.45, 2.75) is 25.8 Å². The fraction of sp³-hybridized carbons (Fsp3) is 0.385. The molecule has 1 aromatic rings. The molecule has 0 radical (unpaired) electrons. The van der Waals surface area contributed by atoms with Crippen LogP contribution >= 0.6 is 11.6 Å². The molecule has 19 heavy (non-hydrogen) atoms. The lowest BCUT2D eigenvalue weighted by atomic mass is 9.94. The van der Waals surface area contributed by atoms with E-state index < -0.39 is 11.4 Å². The Balaban J connectivity index is 2.46. The maximum Gasteiger partial charge on any atom is 0.253 e. The van der Waals surface area contributed by atoms with Gasteiger partial charge in [-0.2, -0.15) is 0 Å². The largest absolute Gasteiger partial charge is 0.340 e. The number of nitrogens with zero attached hydrogens (tertiary/aromatic N) is 1. The van der Waals surface area contributed by atoms with Crippen LogP contribution in [0, 0.1) is 5.82 Å². The second kappa shape index (κ2) is 4.81. The smallest absolute Gasteiger partial charge is 0.253 e. The molecule has 0 spiro atoms. The maximum absolute atomic E-state index is 13.8. The highest BCUT2D eigenvalue weighted by molar-refractivity contribution is 6.31. The van der Waals surface area contributed by atoms with E-state index in [1.165, 1.54) is 18.2 Å². The Morgan fingerprint density at radius 1 is 1.47 bits per heavy atom. The predicted octanol–water partition coefficient (Wildman–Crippen LogP) is 2.11. The Kier molecular flexibility index (Phi) is 3.49. The van der Waals surface area contributed by atoms with E-state index in [1.54, 1.807) is 13.8 Å². The molecule has 1 saturated heterocycles. The summed E-state index contributed by atoms with van der Waals surface area (Å²) >= 11 is 5.82. The molecule has 0 aromatic heterocycles. The highest BCUT2D eigenvalue weighted by Crippen LogP contribution is 2.28. The summed E-state index contributed by atoms with van der Waals surface area (Å²) in [5.74, 6) is -1.23. The lowest BCUT2D eigenvalue weighted by Gasteiger charge is -2.39. The van der Waals surface area contributed by atoms with Crippen molar-refractivity contribution in [3.05, 3.63) is 29.0 Å². The van der Waals surface area contributed by atoms with Crippen LogP contribution in [-0.4, -0.2) is 23.9 Å². The van der Waals surface area contributed by atoms with Crippen LogP contribution in [0.1, 0.15) is 20.3 Å². The molecular weight excluding hydrogens is 271 g/mol. The molecule has 2 rings (SSSR count). The van der Waals surface area contributed by atoms with Gasteiger partial charge in [0.15, 0.2) is 0 Å². The first-order valence-corrected chi connectivity index (χ1v) is 6.33.